The maximum atomic E-state index is 13.1. The first-order valence-corrected chi connectivity index (χ1v) is 7.72. The zero-order chi connectivity index (χ0) is 15.8. The molecule has 0 atom stereocenters. The third kappa shape index (κ3) is 3.03. The highest BCUT2D eigenvalue weighted by atomic mass is 32.2. The van der Waals surface area contributed by atoms with Crippen LogP contribution in [0.3, 0.4) is 0 Å². The van der Waals surface area contributed by atoms with E-state index in [-0.39, 0.29) is 15.7 Å². The molecule has 0 fully saturated rings. The fraction of sp³-hybridized carbons (Fsp3) is 0.167. The van der Waals surface area contributed by atoms with Crippen molar-refractivity contribution in [2.24, 2.45) is 12.8 Å². The number of hydrogen-bond acceptors (Lipinski definition) is 4. The highest BCUT2D eigenvalue weighted by Gasteiger charge is 2.21. The second-order valence-corrected chi connectivity index (χ2v) is 6.50. The third-order valence-corrected chi connectivity index (χ3v) is 4.58. The summed E-state index contributed by atoms with van der Waals surface area (Å²) in [6.07, 6.45) is 1.37. The van der Waals surface area contributed by atoms with Gasteiger partial charge in [0.1, 0.15) is 16.6 Å². The second kappa shape index (κ2) is 5.41. The van der Waals surface area contributed by atoms with Crippen LogP contribution in [-0.4, -0.2) is 23.2 Å². The van der Waals surface area contributed by atoms with Gasteiger partial charge < -0.3 is 5.73 Å². The number of nitrogens with zero attached hydrogens (tertiary/aromatic N) is 2. The summed E-state index contributed by atoms with van der Waals surface area (Å²) in [5, 5.41) is 3.91. The van der Waals surface area contributed by atoms with Crippen LogP contribution in [0.2, 0.25) is 0 Å². The topological polar surface area (TPSA) is 90.0 Å². The average molecular weight is 328 g/mol. The van der Waals surface area contributed by atoms with Crippen LogP contribution in [0.4, 0.5) is 10.2 Å². The second-order valence-electron chi connectivity index (χ2n) is 4.41. The molecule has 0 radical (unpaired) electrons. The van der Waals surface area contributed by atoms with Gasteiger partial charge in [-0.15, -0.1) is 0 Å². The van der Waals surface area contributed by atoms with Crippen molar-refractivity contribution < 1.29 is 12.8 Å². The van der Waals surface area contributed by atoms with E-state index in [9.17, 15) is 12.8 Å². The Hall–Kier alpha value is -2.00. The van der Waals surface area contributed by atoms with E-state index in [0.29, 0.717) is 11.1 Å². The van der Waals surface area contributed by atoms with Crippen molar-refractivity contribution in [3.63, 3.8) is 0 Å². The number of nitrogens with one attached hydrogen (secondary N) is 1. The summed E-state index contributed by atoms with van der Waals surface area (Å²) in [5.74, 6) is -0.345. The summed E-state index contributed by atoms with van der Waals surface area (Å²) in [6, 6.07) is 3.43. The van der Waals surface area contributed by atoms with E-state index in [1.807, 2.05) is 0 Å². The number of benzene rings is 1. The van der Waals surface area contributed by atoms with Gasteiger partial charge in [0.25, 0.3) is 10.0 Å². The fourth-order valence-corrected chi connectivity index (χ4v) is 3.32. The van der Waals surface area contributed by atoms with E-state index in [0.717, 1.165) is 12.1 Å². The summed E-state index contributed by atoms with van der Waals surface area (Å²) in [7, 11) is -2.35. The standard InChI is InChI=1S/C12H13FN4O2S2/c1-7-5-8(13)3-4-10(7)21(18,19)16-12-9(11(14)20)6-15-17(12)2/h3-6,16H,1-2H3,(H2,14,20). The first-order valence-electron chi connectivity index (χ1n) is 5.83. The predicted octanol–water partition coefficient (Wildman–Crippen LogP) is 1.30. The number of aryl methyl sites for hydroxylation is 2. The summed E-state index contributed by atoms with van der Waals surface area (Å²) >= 11 is 4.85. The van der Waals surface area contributed by atoms with Crippen LogP contribution < -0.4 is 10.5 Å². The highest BCUT2D eigenvalue weighted by molar-refractivity contribution is 7.92. The Morgan fingerprint density at radius 1 is 1.48 bits per heavy atom. The molecule has 6 nitrogen and oxygen atoms in total. The number of anilines is 1. The van der Waals surface area contributed by atoms with Gasteiger partial charge in [0.2, 0.25) is 0 Å². The van der Waals surface area contributed by atoms with Gasteiger partial charge in [0.15, 0.2) is 0 Å². The molecule has 0 bridgehead atoms. The Bertz CT molecular complexity index is 815. The molecule has 1 heterocycles. The van der Waals surface area contributed by atoms with Crippen molar-refractivity contribution in [1.82, 2.24) is 9.78 Å². The molecule has 0 saturated heterocycles. The van der Waals surface area contributed by atoms with Gasteiger partial charge in [0.05, 0.1) is 16.7 Å². The molecule has 0 aliphatic rings. The predicted molar refractivity (Wildman–Crippen MR) is 81.0 cm³/mol. The number of aromatic nitrogens is 2. The summed E-state index contributed by atoms with van der Waals surface area (Å²) in [6.45, 7) is 1.51. The van der Waals surface area contributed by atoms with Crippen LogP contribution in [0, 0.1) is 12.7 Å². The largest absolute Gasteiger partial charge is 0.389 e. The van der Waals surface area contributed by atoms with Gasteiger partial charge in [-0.05, 0) is 30.7 Å². The number of sulfonamides is 1. The minimum Gasteiger partial charge on any atom is -0.389 e. The lowest BCUT2D eigenvalue weighted by molar-refractivity contribution is 0.597. The maximum Gasteiger partial charge on any atom is 0.263 e. The number of halogens is 1. The summed E-state index contributed by atoms with van der Waals surface area (Å²) < 4.78 is 41.6. The number of thiocarbonyl (C=S) groups is 1. The van der Waals surface area contributed by atoms with Crippen molar-refractivity contribution in [3.8, 4) is 0 Å². The molecule has 0 saturated carbocycles. The normalized spacial score (nSPS) is 11.4. The van der Waals surface area contributed by atoms with E-state index in [2.05, 4.69) is 9.82 Å². The summed E-state index contributed by atoms with van der Waals surface area (Å²) in [4.78, 5) is -0.00406. The van der Waals surface area contributed by atoms with Gasteiger partial charge in [0, 0.05) is 7.05 Å². The van der Waals surface area contributed by atoms with E-state index >= 15 is 0 Å². The molecule has 1 aromatic heterocycles. The van der Waals surface area contributed by atoms with Crippen LogP contribution in [0.1, 0.15) is 11.1 Å². The zero-order valence-corrected chi connectivity index (χ0v) is 12.9. The minimum atomic E-state index is -3.90. The van der Waals surface area contributed by atoms with Crippen molar-refractivity contribution in [3.05, 3.63) is 41.3 Å². The van der Waals surface area contributed by atoms with Gasteiger partial charge in [-0.25, -0.2) is 12.8 Å². The lowest BCUT2D eigenvalue weighted by Crippen LogP contribution is -2.20. The Morgan fingerprint density at radius 2 is 2.14 bits per heavy atom. The minimum absolute atomic E-state index is 0.0247. The van der Waals surface area contributed by atoms with E-state index in [4.69, 9.17) is 18.0 Å². The van der Waals surface area contributed by atoms with Crippen LogP contribution in [0.15, 0.2) is 29.3 Å². The Morgan fingerprint density at radius 3 is 2.71 bits per heavy atom. The monoisotopic (exact) mass is 328 g/mol. The molecule has 3 N–H and O–H groups in total. The average Bonchev–Trinajstić information content (AvgIpc) is 2.70. The Labute approximate surface area is 126 Å². The molecule has 0 aliphatic heterocycles. The van der Waals surface area contributed by atoms with Crippen LogP contribution >= 0.6 is 12.2 Å². The van der Waals surface area contributed by atoms with Gasteiger partial charge in [-0.3, -0.25) is 9.40 Å². The van der Waals surface area contributed by atoms with Gasteiger partial charge >= 0.3 is 0 Å². The summed E-state index contributed by atoms with van der Waals surface area (Å²) in [5.41, 5.74) is 6.14. The highest BCUT2D eigenvalue weighted by Crippen LogP contribution is 2.22. The number of nitrogens with two attached hydrogens (primary N) is 1. The third-order valence-electron chi connectivity index (χ3n) is 2.86. The smallest absolute Gasteiger partial charge is 0.263 e. The lowest BCUT2D eigenvalue weighted by atomic mass is 10.2. The van der Waals surface area contributed by atoms with Crippen LogP contribution in [0.25, 0.3) is 0 Å². The van der Waals surface area contributed by atoms with Gasteiger partial charge in [-0.2, -0.15) is 5.10 Å². The molecule has 0 unspecified atom stereocenters. The van der Waals surface area contributed by atoms with E-state index in [1.165, 1.54) is 23.9 Å². The number of rotatable bonds is 4. The quantitative estimate of drug-likeness (QED) is 0.826. The first-order chi connectivity index (χ1) is 9.72. The molecule has 112 valence electrons. The number of hydrogen-bond donors (Lipinski definition) is 2. The van der Waals surface area contributed by atoms with Crippen molar-refractivity contribution in [2.75, 3.05) is 4.72 Å². The lowest BCUT2D eigenvalue weighted by Gasteiger charge is -2.12. The zero-order valence-electron chi connectivity index (χ0n) is 11.3. The Balaban J connectivity index is 2.47. The molecule has 0 spiro atoms. The maximum absolute atomic E-state index is 13.1. The van der Waals surface area contributed by atoms with Crippen LogP contribution in [-0.2, 0) is 17.1 Å². The van der Waals surface area contributed by atoms with Gasteiger partial charge in [-0.1, -0.05) is 12.2 Å². The molecular formula is C12H13FN4O2S2. The van der Waals surface area contributed by atoms with Crippen LogP contribution in [0.5, 0.6) is 0 Å². The Kier molecular flexibility index (Phi) is 3.97. The van der Waals surface area contributed by atoms with E-state index in [1.54, 1.807) is 7.05 Å². The SMILES string of the molecule is Cc1cc(F)ccc1S(=O)(=O)Nc1c(C(N)=S)cnn1C. The van der Waals surface area contributed by atoms with Crippen molar-refractivity contribution in [1.29, 1.82) is 0 Å². The van der Waals surface area contributed by atoms with E-state index < -0.39 is 15.8 Å². The van der Waals surface area contributed by atoms with Crippen molar-refractivity contribution >= 4 is 33.0 Å². The molecular weight excluding hydrogens is 315 g/mol. The molecule has 2 aromatic rings. The molecule has 2 rings (SSSR count). The fourth-order valence-electron chi connectivity index (χ4n) is 1.84. The molecule has 0 aliphatic carbocycles. The molecule has 1 aromatic carbocycles. The molecule has 0 amide bonds. The van der Waals surface area contributed by atoms with Crippen molar-refractivity contribution in [2.45, 2.75) is 11.8 Å². The molecule has 21 heavy (non-hydrogen) atoms. The molecule has 9 heteroatoms. The first kappa shape index (κ1) is 15.4.